The lowest BCUT2D eigenvalue weighted by Crippen LogP contribution is -2.31. The summed E-state index contributed by atoms with van der Waals surface area (Å²) in [5.74, 6) is 0. The van der Waals surface area contributed by atoms with Gasteiger partial charge in [-0.15, -0.1) is 0 Å². The van der Waals surface area contributed by atoms with E-state index in [0.29, 0.717) is 0 Å². The van der Waals surface area contributed by atoms with Gasteiger partial charge in [-0.1, -0.05) is 79.4 Å². The number of benzene rings is 6. The lowest BCUT2D eigenvalue weighted by atomic mass is 9.87. The largest absolute Gasteiger partial charge is 0.277 e. The van der Waals surface area contributed by atoms with Gasteiger partial charge >= 0.3 is 0 Å². The van der Waals surface area contributed by atoms with Gasteiger partial charge < -0.3 is 0 Å². The van der Waals surface area contributed by atoms with Gasteiger partial charge in [0.25, 0.3) is 5.56 Å². The van der Waals surface area contributed by atoms with E-state index >= 15 is 0 Å². The minimum Gasteiger partial charge on any atom is -0.277 e. The molecule has 0 saturated carbocycles. The first kappa shape index (κ1) is 16.6. The summed E-state index contributed by atoms with van der Waals surface area (Å²) >= 11 is 0. The van der Waals surface area contributed by atoms with Gasteiger partial charge in [-0.3, -0.25) is 9.36 Å². The van der Waals surface area contributed by atoms with Crippen molar-refractivity contribution in [3.63, 3.8) is 0 Å². The van der Waals surface area contributed by atoms with E-state index in [2.05, 4.69) is 61.2 Å². The molecule has 6 aromatic carbocycles. The SMILES string of the molecule is C=c1c2ccc3c4cccc5cccc(c6ccc(c(=O)n1-c1ccccc1)c2c36)c54. The fourth-order valence-electron chi connectivity index (χ4n) is 5.37. The second-order valence-electron chi connectivity index (χ2n) is 8.20. The van der Waals surface area contributed by atoms with E-state index in [0.717, 1.165) is 32.6 Å². The molecule has 0 saturated heterocycles. The van der Waals surface area contributed by atoms with Crippen LogP contribution in [0.25, 0.3) is 66.1 Å². The van der Waals surface area contributed by atoms with E-state index in [1.807, 2.05) is 36.4 Å². The van der Waals surface area contributed by atoms with Crippen LogP contribution >= 0.6 is 0 Å². The molecule has 0 atom stereocenters. The molecule has 0 fully saturated rings. The van der Waals surface area contributed by atoms with Gasteiger partial charge in [0.05, 0.1) is 0 Å². The van der Waals surface area contributed by atoms with Gasteiger partial charge in [-0.05, 0) is 55.9 Å². The third-order valence-electron chi connectivity index (χ3n) is 6.67. The highest BCUT2D eigenvalue weighted by molar-refractivity contribution is 6.36. The zero-order valence-electron chi connectivity index (χ0n) is 16.7. The second kappa shape index (κ2) is 5.71. The zero-order valence-corrected chi connectivity index (χ0v) is 16.7. The minimum atomic E-state index is -0.0236. The van der Waals surface area contributed by atoms with Crippen LogP contribution in [0.2, 0.25) is 0 Å². The molecular weight excluding hydrogens is 378 g/mol. The number of para-hydroxylation sites is 1. The van der Waals surface area contributed by atoms with Crippen molar-refractivity contribution in [2.45, 2.75) is 0 Å². The maximum atomic E-state index is 13.6. The molecule has 0 amide bonds. The minimum absolute atomic E-state index is 0.0236. The summed E-state index contributed by atoms with van der Waals surface area (Å²) in [7, 11) is 0. The van der Waals surface area contributed by atoms with Crippen molar-refractivity contribution in [3.8, 4) is 5.69 Å². The van der Waals surface area contributed by atoms with Crippen LogP contribution in [0.3, 0.4) is 0 Å². The summed E-state index contributed by atoms with van der Waals surface area (Å²) in [6.07, 6.45) is 0. The Balaban J connectivity index is 1.80. The van der Waals surface area contributed by atoms with Crippen molar-refractivity contribution < 1.29 is 0 Å². The Bertz CT molecular complexity index is 1800. The van der Waals surface area contributed by atoms with Crippen molar-refractivity contribution in [3.05, 3.63) is 107 Å². The monoisotopic (exact) mass is 395 g/mol. The highest BCUT2D eigenvalue weighted by atomic mass is 16.1. The molecule has 0 aliphatic heterocycles. The van der Waals surface area contributed by atoms with Crippen LogP contribution in [0.5, 0.6) is 0 Å². The van der Waals surface area contributed by atoms with Crippen molar-refractivity contribution in [1.29, 1.82) is 0 Å². The second-order valence-corrected chi connectivity index (χ2v) is 8.20. The van der Waals surface area contributed by atoms with Crippen LogP contribution in [0.4, 0.5) is 0 Å². The quantitative estimate of drug-likeness (QED) is 0.241. The van der Waals surface area contributed by atoms with Crippen LogP contribution in [0.15, 0.2) is 95.8 Å². The molecule has 0 radical (unpaired) electrons. The van der Waals surface area contributed by atoms with Gasteiger partial charge in [-0.25, -0.2) is 0 Å². The summed E-state index contributed by atoms with van der Waals surface area (Å²) < 4.78 is 1.73. The molecule has 7 aromatic rings. The zero-order chi connectivity index (χ0) is 20.7. The van der Waals surface area contributed by atoms with E-state index in [9.17, 15) is 4.79 Å². The number of pyridine rings is 1. The van der Waals surface area contributed by atoms with Crippen molar-refractivity contribution in [1.82, 2.24) is 4.57 Å². The van der Waals surface area contributed by atoms with Gasteiger partial charge in [-0.2, -0.15) is 0 Å². The van der Waals surface area contributed by atoms with Gasteiger partial charge in [0.2, 0.25) is 0 Å². The molecule has 0 spiro atoms. The highest BCUT2D eigenvalue weighted by Gasteiger charge is 2.18. The number of nitrogens with zero attached hydrogens (tertiary/aromatic N) is 1. The number of hydrogen-bond acceptors (Lipinski definition) is 1. The molecule has 1 heterocycles. The standard InChI is InChI=1S/C29H17NO/c1-17-20-13-14-23-21-11-5-7-18-8-6-12-22(26(18)21)24-15-16-25(27(20)28(23)24)29(31)30(17)19-9-3-2-4-10-19/h2-16H,1H2. The lowest BCUT2D eigenvalue weighted by Gasteiger charge is -2.18. The molecule has 2 heteroatoms. The fraction of sp³-hybridized carbons (Fsp3) is 0. The maximum absolute atomic E-state index is 13.6. The lowest BCUT2D eigenvalue weighted by molar-refractivity contribution is 0.980. The molecule has 31 heavy (non-hydrogen) atoms. The van der Waals surface area contributed by atoms with Crippen LogP contribution in [0, 0.1) is 0 Å². The summed E-state index contributed by atoms with van der Waals surface area (Å²) in [5.41, 5.74) is 0.816. The van der Waals surface area contributed by atoms with E-state index < -0.39 is 0 Å². The molecule has 0 bridgehead atoms. The first-order chi connectivity index (χ1) is 15.2. The molecule has 2 nitrogen and oxygen atoms in total. The number of aromatic nitrogens is 1. The van der Waals surface area contributed by atoms with Crippen LogP contribution in [0.1, 0.15) is 0 Å². The van der Waals surface area contributed by atoms with Gasteiger partial charge in [0, 0.05) is 27.2 Å². The predicted molar refractivity (Wildman–Crippen MR) is 131 cm³/mol. The predicted octanol–water partition coefficient (Wildman–Crippen LogP) is 6.17. The van der Waals surface area contributed by atoms with Crippen molar-refractivity contribution in [2.24, 2.45) is 0 Å². The van der Waals surface area contributed by atoms with Crippen LogP contribution in [-0.4, -0.2) is 4.57 Å². The number of fused-ring (bicyclic) bond motifs is 2. The summed E-state index contributed by atoms with van der Waals surface area (Å²) in [4.78, 5) is 13.6. The van der Waals surface area contributed by atoms with E-state index in [-0.39, 0.29) is 5.56 Å². The van der Waals surface area contributed by atoms with Crippen molar-refractivity contribution >= 4 is 60.4 Å². The van der Waals surface area contributed by atoms with E-state index in [1.54, 1.807) is 4.57 Å². The molecule has 144 valence electrons. The fourth-order valence-corrected chi connectivity index (χ4v) is 5.37. The maximum Gasteiger partial charge on any atom is 0.263 e. The van der Waals surface area contributed by atoms with Gasteiger partial charge in [0.1, 0.15) is 0 Å². The Morgan fingerprint density at radius 2 is 1.06 bits per heavy atom. The topological polar surface area (TPSA) is 22.0 Å². The third-order valence-corrected chi connectivity index (χ3v) is 6.67. The van der Waals surface area contributed by atoms with Gasteiger partial charge in [0.15, 0.2) is 0 Å². The van der Waals surface area contributed by atoms with Crippen molar-refractivity contribution in [2.75, 3.05) is 0 Å². The first-order valence-electron chi connectivity index (χ1n) is 10.4. The Kier molecular flexibility index (Phi) is 3.06. The summed E-state index contributed by atoms with van der Waals surface area (Å²) in [6, 6.07) is 31.1. The summed E-state index contributed by atoms with van der Waals surface area (Å²) in [5, 5.41) is 12.0. The molecule has 0 N–H and O–H groups in total. The Morgan fingerprint density at radius 1 is 0.516 bits per heavy atom. The Hall–Kier alpha value is -4.17. The molecule has 0 aliphatic carbocycles. The highest BCUT2D eigenvalue weighted by Crippen LogP contribution is 2.41. The normalized spacial score (nSPS) is 12.1. The van der Waals surface area contributed by atoms with E-state index in [4.69, 9.17) is 0 Å². The summed E-state index contributed by atoms with van der Waals surface area (Å²) in [6.45, 7) is 4.34. The third kappa shape index (κ3) is 1.99. The average Bonchev–Trinajstić information content (AvgIpc) is 2.82. The molecular formula is C29H17NO. The molecule has 0 unspecified atom stereocenters. The first-order valence-corrected chi connectivity index (χ1v) is 10.4. The Morgan fingerprint density at radius 3 is 1.74 bits per heavy atom. The average molecular weight is 395 g/mol. The Labute approximate surface area is 177 Å². The molecule has 0 aliphatic rings. The van der Waals surface area contributed by atoms with Crippen LogP contribution in [-0.2, 0) is 0 Å². The molecule has 7 rings (SSSR count). The molecule has 1 aromatic heterocycles. The van der Waals surface area contributed by atoms with E-state index in [1.165, 1.54) is 32.3 Å². The number of hydrogen-bond donors (Lipinski definition) is 0. The number of rotatable bonds is 1. The smallest absolute Gasteiger partial charge is 0.263 e. The van der Waals surface area contributed by atoms with Crippen LogP contribution < -0.4 is 10.9 Å².